The Morgan fingerprint density at radius 3 is 2.83 bits per heavy atom. The van der Waals surface area contributed by atoms with Gasteiger partial charge in [-0.05, 0) is 36.3 Å². The van der Waals surface area contributed by atoms with Crippen LogP contribution >= 0.6 is 11.8 Å². The molecule has 0 bridgehead atoms. The van der Waals surface area contributed by atoms with Crippen molar-refractivity contribution in [1.29, 1.82) is 0 Å². The molecule has 3 rings (SSSR count). The number of hydrogen-bond acceptors (Lipinski definition) is 5. The number of nitrogens with zero attached hydrogens (tertiary/aromatic N) is 1. The lowest BCUT2D eigenvalue weighted by Gasteiger charge is -2.51. The van der Waals surface area contributed by atoms with Crippen molar-refractivity contribution < 1.29 is 19.5 Å². The van der Waals surface area contributed by atoms with Gasteiger partial charge in [0, 0.05) is 0 Å². The fourth-order valence-corrected chi connectivity index (χ4v) is 4.28. The van der Waals surface area contributed by atoms with Crippen LogP contribution in [0.3, 0.4) is 0 Å². The number of β-lactam (4-membered cyclic amide) rings is 1. The zero-order chi connectivity index (χ0) is 17.4. The fraction of sp³-hybridized carbons (Fsp3) is 0.438. The smallest absolute Gasteiger partial charge is 0.330 e. The van der Waals surface area contributed by atoms with Crippen molar-refractivity contribution in [2.75, 3.05) is 0 Å². The highest BCUT2D eigenvalue weighted by Crippen LogP contribution is 2.39. The third-order valence-electron chi connectivity index (χ3n) is 4.43. The van der Waals surface area contributed by atoms with Gasteiger partial charge in [-0.15, -0.1) is 11.8 Å². The first-order valence-corrected chi connectivity index (χ1v) is 8.63. The number of amides is 2. The predicted octanol–water partition coefficient (Wildman–Crippen LogP) is 0.347. The number of nitrogens with two attached hydrogens (primary N) is 1. The minimum Gasteiger partial charge on any atom is -0.479 e. The molecule has 2 heterocycles. The van der Waals surface area contributed by atoms with Gasteiger partial charge in [0.05, 0.1) is 0 Å². The molecule has 1 fully saturated rings. The van der Waals surface area contributed by atoms with Gasteiger partial charge in [-0.2, -0.15) is 0 Å². The molecule has 24 heavy (non-hydrogen) atoms. The number of carboxylic acids is 1. The second kappa shape index (κ2) is 6.45. The number of carbonyl (C=O) groups excluding carboxylic acids is 2. The summed E-state index contributed by atoms with van der Waals surface area (Å²) in [5.41, 5.74) is 7.41. The fourth-order valence-electron chi connectivity index (χ4n) is 3.10. The molecule has 1 saturated heterocycles. The van der Waals surface area contributed by atoms with Crippen LogP contribution in [0.1, 0.15) is 19.8 Å². The van der Waals surface area contributed by atoms with Crippen molar-refractivity contribution in [3.8, 4) is 0 Å². The number of aliphatic carboxylic acids is 1. The monoisotopic (exact) mass is 349 g/mol. The van der Waals surface area contributed by atoms with Crippen LogP contribution in [0, 0.1) is 0 Å². The molecule has 3 aliphatic rings. The van der Waals surface area contributed by atoms with Crippen LogP contribution in [0.25, 0.3) is 0 Å². The lowest BCUT2D eigenvalue weighted by molar-refractivity contribution is -0.160. The summed E-state index contributed by atoms with van der Waals surface area (Å²) in [7, 11) is 0. The molecule has 0 spiro atoms. The summed E-state index contributed by atoms with van der Waals surface area (Å²) in [6, 6.07) is -2.49. The summed E-state index contributed by atoms with van der Waals surface area (Å²) in [4.78, 5) is 37.3. The van der Waals surface area contributed by atoms with Gasteiger partial charge in [0.2, 0.25) is 11.8 Å². The minimum atomic E-state index is -1.07. The van der Waals surface area contributed by atoms with E-state index < -0.39 is 35.4 Å². The predicted molar refractivity (Wildman–Crippen MR) is 89.8 cm³/mol. The zero-order valence-electron chi connectivity index (χ0n) is 13.1. The van der Waals surface area contributed by atoms with Crippen LogP contribution in [0.2, 0.25) is 0 Å². The highest BCUT2D eigenvalue weighted by atomic mass is 32.2. The van der Waals surface area contributed by atoms with Gasteiger partial charge in [0.25, 0.3) is 0 Å². The summed E-state index contributed by atoms with van der Waals surface area (Å²) in [5.74, 6) is -1.86. The average molecular weight is 349 g/mol. The topological polar surface area (TPSA) is 113 Å². The van der Waals surface area contributed by atoms with E-state index in [0.717, 1.165) is 12.0 Å². The van der Waals surface area contributed by atoms with Crippen LogP contribution in [0.15, 0.2) is 34.8 Å². The maximum atomic E-state index is 12.3. The SMILES string of the molecule is CC1=CS[C@@H]2[C@H](NC(=O)[C@H](N)C3=CCC=CC3)C(=O)N2C1C(=O)O. The van der Waals surface area contributed by atoms with Crippen LogP contribution in [-0.4, -0.2) is 51.3 Å². The molecule has 0 aromatic heterocycles. The Balaban J connectivity index is 1.67. The van der Waals surface area contributed by atoms with E-state index in [2.05, 4.69) is 5.32 Å². The normalized spacial score (nSPS) is 29.8. The Morgan fingerprint density at radius 1 is 1.46 bits per heavy atom. The second-order valence-corrected chi connectivity index (χ2v) is 7.02. The van der Waals surface area contributed by atoms with Crippen molar-refractivity contribution in [1.82, 2.24) is 10.2 Å². The van der Waals surface area contributed by atoms with E-state index in [9.17, 15) is 19.5 Å². The van der Waals surface area contributed by atoms with E-state index in [1.165, 1.54) is 16.7 Å². The maximum Gasteiger partial charge on any atom is 0.330 e. The summed E-state index contributed by atoms with van der Waals surface area (Å²) in [6.07, 6.45) is 7.25. The largest absolute Gasteiger partial charge is 0.479 e. The van der Waals surface area contributed by atoms with E-state index >= 15 is 0 Å². The summed E-state index contributed by atoms with van der Waals surface area (Å²) in [5, 5.41) is 13.3. The van der Waals surface area contributed by atoms with E-state index in [1.54, 1.807) is 12.3 Å². The van der Waals surface area contributed by atoms with Gasteiger partial charge >= 0.3 is 5.97 Å². The maximum absolute atomic E-state index is 12.3. The molecule has 1 unspecified atom stereocenters. The van der Waals surface area contributed by atoms with Gasteiger partial charge in [-0.1, -0.05) is 18.2 Å². The summed E-state index contributed by atoms with van der Waals surface area (Å²) in [6.45, 7) is 1.68. The Labute approximate surface area is 143 Å². The zero-order valence-corrected chi connectivity index (χ0v) is 14.0. The van der Waals surface area contributed by atoms with E-state index in [0.29, 0.717) is 12.0 Å². The van der Waals surface area contributed by atoms with Crippen LogP contribution in [0.5, 0.6) is 0 Å². The number of rotatable bonds is 4. The second-order valence-electron chi connectivity index (χ2n) is 6.03. The molecule has 2 aliphatic heterocycles. The van der Waals surface area contributed by atoms with Crippen molar-refractivity contribution in [3.63, 3.8) is 0 Å². The number of nitrogens with one attached hydrogen (secondary N) is 1. The number of carbonyl (C=O) groups is 3. The summed E-state index contributed by atoms with van der Waals surface area (Å²) < 4.78 is 0. The highest BCUT2D eigenvalue weighted by molar-refractivity contribution is 8.02. The van der Waals surface area contributed by atoms with Crippen LogP contribution in [-0.2, 0) is 14.4 Å². The Kier molecular flexibility index (Phi) is 4.51. The molecule has 8 heteroatoms. The van der Waals surface area contributed by atoms with Crippen molar-refractivity contribution in [2.45, 2.75) is 43.3 Å². The Hall–Kier alpha value is -2.06. The van der Waals surface area contributed by atoms with E-state index in [1.807, 2.05) is 18.2 Å². The molecule has 2 amide bonds. The minimum absolute atomic E-state index is 0.384. The molecule has 0 aromatic rings. The van der Waals surface area contributed by atoms with E-state index in [4.69, 9.17) is 5.73 Å². The van der Waals surface area contributed by atoms with E-state index in [-0.39, 0.29) is 5.91 Å². The number of carboxylic acid groups (broad SMARTS) is 1. The standard InChI is InChI=1S/C16H19N3O4S/c1-8-7-24-15-11(14(21)19(15)12(8)16(22)23)18-13(20)10(17)9-5-3-2-4-6-9/h2-3,6-7,10-12,15H,4-5,17H2,1H3,(H,18,20)(H,22,23)/t10-,11-,12?,15-/m1/s1. The first-order chi connectivity index (χ1) is 11.4. The molecule has 1 aliphatic carbocycles. The lowest BCUT2D eigenvalue weighted by atomic mass is 9.96. The molecule has 7 nitrogen and oxygen atoms in total. The Morgan fingerprint density at radius 2 is 2.21 bits per heavy atom. The molecular formula is C16H19N3O4S. The first-order valence-electron chi connectivity index (χ1n) is 7.69. The molecule has 4 atom stereocenters. The van der Waals surface area contributed by atoms with Crippen LogP contribution in [0.4, 0.5) is 0 Å². The molecular weight excluding hydrogens is 330 g/mol. The highest BCUT2D eigenvalue weighted by Gasteiger charge is 2.55. The van der Waals surface area contributed by atoms with Crippen LogP contribution < -0.4 is 11.1 Å². The van der Waals surface area contributed by atoms with Gasteiger partial charge in [-0.25, -0.2) is 4.79 Å². The van der Waals surface area contributed by atoms with Gasteiger partial charge < -0.3 is 21.1 Å². The Bertz CT molecular complexity index is 685. The first kappa shape index (κ1) is 16.8. The van der Waals surface area contributed by atoms with Gasteiger partial charge in [0.1, 0.15) is 17.5 Å². The van der Waals surface area contributed by atoms with Crippen molar-refractivity contribution in [3.05, 3.63) is 34.8 Å². The van der Waals surface area contributed by atoms with Gasteiger partial charge in [0.15, 0.2) is 6.04 Å². The number of fused-ring (bicyclic) bond motifs is 1. The molecule has 0 aromatic carbocycles. The van der Waals surface area contributed by atoms with Gasteiger partial charge in [-0.3, -0.25) is 9.59 Å². The number of thioether (sulfide) groups is 1. The van der Waals surface area contributed by atoms with Crippen molar-refractivity contribution >= 4 is 29.5 Å². The molecule has 0 radical (unpaired) electrons. The third-order valence-corrected chi connectivity index (χ3v) is 5.72. The average Bonchev–Trinajstić information content (AvgIpc) is 2.59. The lowest BCUT2D eigenvalue weighted by Crippen LogP contribution is -2.74. The molecule has 0 saturated carbocycles. The number of allylic oxidation sites excluding steroid dienone is 3. The van der Waals surface area contributed by atoms with Crippen molar-refractivity contribution in [2.24, 2.45) is 5.73 Å². The number of hydrogen-bond donors (Lipinski definition) is 3. The quantitative estimate of drug-likeness (QED) is 0.498. The summed E-state index contributed by atoms with van der Waals surface area (Å²) >= 11 is 1.34. The molecule has 4 N–H and O–H groups in total. The third kappa shape index (κ3) is 2.76. The molecule has 128 valence electrons.